The van der Waals surface area contributed by atoms with E-state index >= 15 is 0 Å². The van der Waals surface area contributed by atoms with Crippen LogP contribution in [0.5, 0.6) is 0 Å². The van der Waals surface area contributed by atoms with Crippen molar-refractivity contribution in [2.24, 2.45) is 0 Å². The Labute approximate surface area is 587 Å². The third-order valence-corrected chi connectivity index (χ3v) is 19.6. The molecule has 0 atom stereocenters. The number of para-hydroxylation sites is 6. The van der Waals surface area contributed by atoms with Crippen LogP contribution in [-0.4, -0.2) is 41.9 Å². The van der Waals surface area contributed by atoms with Crippen LogP contribution >= 0.6 is 0 Å². The number of hydrogen-bond acceptors (Lipinski definition) is 3. The Balaban J connectivity index is 0.000000106. The molecule has 0 saturated heterocycles. The number of hydrogen-bond donors (Lipinski definition) is 0. The summed E-state index contributed by atoms with van der Waals surface area (Å²) < 4.78 is 13.6. The number of aromatic nitrogens is 9. The summed E-state index contributed by atoms with van der Waals surface area (Å²) in [6.07, 6.45) is 6.27. The average Bonchev–Trinajstić information content (AvgIpc) is 1.60. The molecule has 12 aromatic carbocycles. The molecule has 9 nitrogen and oxygen atoms in total. The van der Waals surface area contributed by atoms with E-state index in [2.05, 4.69) is 373 Å². The maximum Gasteiger partial charge on any atom is 0.137 e. The average molecular weight is 1310 g/mol. The predicted octanol–water partition coefficient (Wildman–Crippen LogP) is 23.3. The highest BCUT2D eigenvalue weighted by Crippen LogP contribution is 2.41. The molecule has 0 radical (unpaired) electrons. The Hall–Kier alpha value is -13.9. The van der Waals surface area contributed by atoms with Crippen LogP contribution in [0.25, 0.3) is 167 Å². The van der Waals surface area contributed by atoms with Gasteiger partial charge in [-0.3, -0.25) is 13.2 Å². The zero-order valence-electron chi connectivity index (χ0n) is 55.4. The van der Waals surface area contributed by atoms with Crippen LogP contribution in [0.2, 0.25) is 0 Å². The lowest BCUT2D eigenvalue weighted by molar-refractivity contribution is 1.17. The highest BCUT2D eigenvalue weighted by atomic mass is 15.0. The van der Waals surface area contributed by atoms with E-state index in [1.165, 1.54) is 65.4 Å². The number of fused-ring (bicyclic) bond motifs is 12. The lowest BCUT2D eigenvalue weighted by Crippen LogP contribution is -1.95. The van der Waals surface area contributed by atoms with Gasteiger partial charge in [0.25, 0.3) is 0 Å². The molecule has 0 amide bonds. The highest BCUT2D eigenvalue weighted by Gasteiger charge is 2.22. The van der Waals surface area contributed by atoms with Gasteiger partial charge in [-0.05, 0) is 109 Å². The second-order valence-electron chi connectivity index (χ2n) is 25.6. The van der Waals surface area contributed by atoms with Crippen LogP contribution in [0.4, 0.5) is 0 Å². The van der Waals surface area contributed by atoms with E-state index in [1.807, 2.05) is 36.4 Å². The van der Waals surface area contributed by atoms with Crippen molar-refractivity contribution in [3.8, 4) is 84.6 Å². The van der Waals surface area contributed by atoms with E-state index in [9.17, 15) is 0 Å². The van der Waals surface area contributed by atoms with Gasteiger partial charge >= 0.3 is 0 Å². The summed E-state index contributed by atoms with van der Waals surface area (Å²) >= 11 is 0. The number of imidazole rings is 3. The summed E-state index contributed by atoms with van der Waals surface area (Å²) in [5, 5.41) is 7.62. The summed E-state index contributed by atoms with van der Waals surface area (Å²) in [5.41, 5.74) is 26.6. The zero-order chi connectivity index (χ0) is 67.5. The second-order valence-corrected chi connectivity index (χ2v) is 25.6. The van der Waals surface area contributed by atoms with Crippen molar-refractivity contribution in [1.29, 1.82) is 0 Å². The fraction of sp³-hybridized carbons (Fsp3) is 0. The number of benzene rings is 12. The minimum Gasteiger partial charge on any atom is -0.309 e. The minimum absolute atomic E-state index is 0.943. The minimum atomic E-state index is 0.943. The zero-order valence-corrected chi connectivity index (χ0v) is 55.4. The first-order valence-corrected chi connectivity index (χ1v) is 34.5. The van der Waals surface area contributed by atoms with Gasteiger partial charge in [0.2, 0.25) is 0 Å². The second kappa shape index (κ2) is 25.2. The van der Waals surface area contributed by atoms with Crippen LogP contribution in [0.15, 0.2) is 383 Å². The van der Waals surface area contributed by atoms with Crippen LogP contribution in [0, 0.1) is 0 Å². The number of nitrogens with zero attached hydrogens (tertiary/aromatic N) is 9. The molecule has 9 heteroatoms. The van der Waals surface area contributed by atoms with Crippen molar-refractivity contribution < 1.29 is 0 Å². The topological polar surface area (TPSA) is 66.7 Å². The first-order valence-electron chi connectivity index (χ1n) is 34.5. The van der Waals surface area contributed by atoms with E-state index < -0.39 is 0 Å². The molecule has 9 heterocycles. The Morgan fingerprint density at radius 1 is 0.176 bits per heavy atom. The van der Waals surface area contributed by atoms with Crippen LogP contribution in [0.3, 0.4) is 0 Å². The summed E-state index contributed by atoms with van der Waals surface area (Å²) in [7, 11) is 0. The SMILES string of the molecule is c1ccc(-c2c(-c3ccc(-n4c5ccccc5c5ccccc54)cc3)nc3ccccn23)cc1.c1ccc(-c2nc3ccccn3c2-c2ccc(-n3c4ccccc4c4ccccc43)cc2)cc1.c1ccc(-c2nc3ccccn3c2-c2cccc(-n3c4ccccc4c4ccccc43)c2)cc1. The molecule has 0 N–H and O–H groups in total. The molecular weight excluding hydrogens is 1240 g/mol. The maximum atomic E-state index is 5.01. The van der Waals surface area contributed by atoms with E-state index in [4.69, 9.17) is 15.0 Å². The molecule has 0 fully saturated rings. The van der Waals surface area contributed by atoms with Gasteiger partial charge in [-0.1, -0.05) is 255 Å². The van der Waals surface area contributed by atoms with Gasteiger partial charge in [0.15, 0.2) is 0 Å². The Morgan fingerprint density at radius 2 is 0.431 bits per heavy atom. The maximum absolute atomic E-state index is 5.01. The van der Waals surface area contributed by atoms with E-state index in [0.717, 1.165) is 102 Å². The van der Waals surface area contributed by atoms with Gasteiger partial charge in [-0.25, -0.2) is 15.0 Å². The van der Waals surface area contributed by atoms with Crippen LogP contribution in [-0.2, 0) is 0 Å². The molecule has 0 unspecified atom stereocenters. The quantitative estimate of drug-likeness (QED) is 0.145. The monoisotopic (exact) mass is 1310 g/mol. The molecule has 0 saturated carbocycles. The summed E-state index contributed by atoms with van der Waals surface area (Å²) in [6.45, 7) is 0. The van der Waals surface area contributed by atoms with E-state index in [1.54, 1.807) is 0 Å². The van der Waals surface area contributed by atoms with Crippen molar-refractivity contribution in [1.82, 2.24) is 41.9 Å². The Bertz CT molecular complexity index is 6500. The number of pyridine rings is 3. The van der Waals surface area contributed by atoms with Crippen molar-refractivity contribution in [3.63, 3.8) is 0 Å². The van der Waals surface area contributed by atoms with Crippen LogP contribution < -0.4 is 0 Å². The molecule has 21 aromatic rings. The molecule has 0 aliphatic heterocycles. The standard InChI is InChI=1S/3C31H21N3/c1-2-11-22(12-3-1)30-31(33-20-9-8-19-29(33)32-30)23-13-10-14-24(21-23)34-27-17-6-4-15-25(27)26-16-5-7-18-28(26)34;1-2-10-23(11-3-1)31-30(32-29-16-8-9-21-33(29)31)22-17-19-24(20-18-22)34-27-14-6-4-12-25(27)26-13-5-7-15-28(26)34;1-2-10-22(11-3-1)30-31(33-21-9-8-16-29(33)32-30)23-17-19-24(20-18-23)34-27-14-6-4-12-25(27)26-13-5-7-15-28(26)34/h3*1-21H. The van der Waals surface area contributed by atoms with E-state index in [-0.39, 0.29) is 0 Å². The van der Waals surface area contributed by atoms with Crippen molar-refractivity contribution in [3.05, 3.63) is 383 Å². The van der Waals surface area contributed by atoms with Gasteiger partial charge in [0.1, 0.15) is 16.9 Å². The third-order valence-electron chi connectivity index (χ3n) is 19.6. The first kappa shape index (κ1) is 59.4. The molecule has 0 bridgehead atoms. The van der Waals surface area contributed by atoms with Gasteiger partial charge < -0.3 is 13.7 Å². The van der Waals surface area contributed by atoms with Crippen LogP contribution in [0.1, 0.15) is 0 Å². The predicted molar refractivity (Wildman–Crippen MR) is 421 cm³/mol. The number of rotatable bonds is 9. The molecule has 0 aliphatic carbocycles. The summed E-state index contributed by atoms with van der Waals surface area (Å²) in [5.74, 6) is 0. The molecule has 480 valence electrons. The summed E-state index contributed by atoms with van der Waals surface area (Å²) in [4.78, 5) is 15.0. The lowest BCUT2D eigenvalue weighted by Gasteiger charge is -2.11. The van der Waals surface area contributed by atoms with E-state index in [0.29, 0.717) is 0 Å². The largest absolute Gasteiger partial charge is 0.309 e. The molecule has 21 rings (SSSR count). The fourth-order valence-electron chi connectivity index (χ4n) is 15.1. The van der Waals surface area contributed by atoms with Gasteiger partial charge in [-0.15, -0.1) is 0 Å². The molecular formula is C93H63N9. The summed E-state index contributed by atoms with van der Waals surface area (Å²) in [6, 6.07) is 128. The molecule has 0 spiro atoms. The highest BCUT2D eigenvalue weighted by molar-refractivity contribution is 6.11. The van der Waals surface area contributed by atoms with Crippen molar-refractivity contribution >= 4 is 82.4 Å². The van der Waals surface area contributed by atoms with Gasteiger partial charge in [-0.2, -0.15) is 0 Å². The Morgan fingerprint density at radius 3 is 0.784 bits per heavy atom. The normalized spacial score (nSPS) is 11.5. The molecule has 0 aliphatic rings. The fourth-order valence-corrected chi connectivity index (χ4v) is 15.1. The molecule has 102 heavy (non-hydrogen) atoms. The first-order chi connectivity index (χ1) is 50.6. The lowest BCUT2D eigenvalue weighted by atomic mass is 10.0. The van der Waals surface area contributed by atoms with Crippen molar-refractivity contribution in [2.75, 3.05) is 0 Å². The Kier molecular flexibility index (Phi) is 14.7. The van der Waals surface area contributed by atoms with Crippen molar-refractivity contribution in [2.45, 2.75) is 0 Å². The van der Waals surface area contributed by atoms with Gasteiger partial charge in [0.05, 0.1) is 67.3 Å². The molecule has 9 aromatic heterocycles. The van der Waals surface area contributed by atoms with Gasteiger partial charge in [0, 0.05) is 101 Å². The third kappa shape index (κ3) is 10.2. The smallest absolute Gasteiger partial charge is 0.137 e.